The standard InChI is InChI=1S/C13H17F3N2O3/c1-9(18-12(20)17-6-7-19)8-21-11-5-3-2-4-10(11)13(14,15)16/h2-5,9,19H,6-8H2,1H3,(H2,17,18,20). The average molecular weight is 306 g/mol. The Kier molecular flexibility index (Phi) is 6.29. The molecule has 0 radical (unpaired) electrons. The maximum absolute atomic E-state index is 12.7. The van der Waals surface area contributed by atoms with Crippen LogP contribution in [0.2, 0.25) is 0 Å². The minimum atomic E-state index is -4.49. The van der Waals surface area contributed by atoms with Gasteiger partial charge in [-0.2, -0.15) is 13.2 Å². The van der Waals surface area contributed by atoms with Crippen molar-refractivity contribution < 1.29 is 27.8 Å². The highest BCUT2D eigenvalue weighted by atomic mass is 19.4. The number of carbonyl (C=O) groups excluding carboxylic acids is 1. The van der Waals surface area contributed by atoms with Gasteiger partial charge in [-0.25, -0.2) is 4.79 Å². The van der Waals surface area contributed by atoms with Gasteiger partial charge >= 0.3 is 12.2 Å². The minimum Gasteiger partial charge on any atom is -0.491 e. The molecule has 118 valence electrons. The Balaban J connectivity index is 2.54. The van der Waals surface area contributed by atoms with E-state index in [0.717, 1.165) is 6.07 Å². The van der Waals surface area contributed by atoms with Gasteiger partial charge in [-0.15, -0.1) is 0 Å². The molecule has 5 nitrogen and oxygen atoms in total. The largest absolute Gasteiger partial charge is 0.491 e. The van der Waals surface area contributed by atoms with Crippen LogP contribution in [0.5, 0.6) is 5.75 Å². The van der Waals surface area contributed by atoms with Gasteiger partial charge in [-0.3, -0.25) is 0 Å². The molecule has 1 rings (SSSR count). The summed E-state index contributed by atoms with van der Waals surface area (Å²) in [6.45, 7) is 1.38. The zero-order valence-electron chi connectivity index (χ0n) is 11.4. The van der Waals surface area contributed by atoms with Crippen LogP contribution in [-0.2, 0) is 6.18 Å². The number of hydrogen-bond acceptors (Lipinski definition) is 3. The smallest absolute Gasteiger partial charge is 0.419 e. The molecule has 0 spiro atoms. The van der Waals surface area contributed by atoms with Gasteiger partial charge in [-0.1, -0.05) is 12.1 Å². The molecule has 0 fully saturated rings. The summed E-state index contributed by atoms with van der Waals surface area (Å²) in [6.07, 6.45) is -4.49. The van der Waals surface area contributed by atoms with Gasteiger partial charge in [0.15, 0.2) is 0 Å². The Morgan fingerprint density at radius 3 is 2.67 bits per heavy atom. The molecule has 0 aliphatic carbocycles. The van der Waals surface area contributed by atoms with E-state index < -0.39 is 23.8 Å². The summed E-state index contributed by atoms with van der Waals surface area (Å²) < 4.78 is 43.3. The molecule has 0 aromatic heterocycles. The molecule has 1 aromatic rings. The fourth-order valence-corrected chi connectivity index (χ4v) is 1.53. The number of nitrogens with one attached hydrogen (secondary N) is 2. The third-order valence-electron chi connectivity index (χ3n) is 2.46. The lowest BCUT2D eigenvalue weighted by molar-refractivity contribution is -0.139. The first-order valence-electron chi connectivity index (χ1n) is 6.29. The first-order chi connectivity index (χ1) is 9.84. The fourth-order valence-electron chi connectivity index (χ4n) is 1.53. The maximum Gasteiger partial charge on any atom is 0.419 e. The third-order valence-corrected chi connectivity index (χ3v) is 2.46. The van der Waals surface area contributed by atoms with E-state index in [-0.39, 0.29) is 25.5 Å². The lowest BCUT2D eigenvalue weighted by Gasteiger charge is -2.18. The molecule has 0 bridgehead atoms. The first kappa shape index (κ1) is 17.1. The van der Waals surface area contributed by atoms with Gasteiger partial charge in [0.2, 0.25) is 0 Å². The van der Waals surface area contributed by atoms with Crippen LogP contribution in [0.4, 0.5) is 18.0 Å². The van der Waals surface area contributed by atoms with Crippen LogP contribution in [0.25, 0.3) is 0 Å². The summed E-state index contributed by atoms with van der Waals surface area (Å²) in [7, 11) is 0. The molecular formula is C13H17F3N2O3. The van der Waals surface area contributed by atoms with Crippen LogP contribution >= 0.6 is 0 Å². The zero-order valence-corrected chi connectivity index (χ0v) is 11.4. The van der Waals surface area contributed by atoms with Crippen molar-refractivity contribution >= 4 is 6.03 Å². The number of aliphatic hydroxyl groups is 1. The van der Waals surface area contributed by atoms with E-state index >= 15 is 0 Å². The molecule has 21 heavy (non-hydrogen) atoms. The molecular weight excluding hydrogens is 289 g/mol. The molecule has 1 aromatic carbocycles. The third kappa shape index (κ3) is 5.90. The summed E-state index contributed by atoms with van der Waals surface area (Å²) in [4.78, 5) is 11.3. The highest BCUT2D eigenvalue weighted by Gasteiger charge is 2.34. The van der Waals surface area contributed by atoms with Gasteiger partial charge in [-0.05, 0) is 19.1 Å². The van der Waals surface area contributed by atoms with Crippen LogP contribution < -0.4 is 15.4 Å². The number of benzene rings is 1. The van der Waals surface area contributed by atoms with Gasteiger partial charge in [0, 0.05) is 6.54 Å². The maximum atomic E-state index is 12.7. The Morgan fingerprint density at radius 2 is 2.05 bits per heavy atom. The number of amides is 2. The summed E-state index contributed by atoms with van der Waals surface area (Å²) in [5, 5.41) is 13.4. The topological polar surface area (TPSA) is 70.6 Å². The molecule has 0 aliphatic heterocycles. The number of rotatable bonds is 6. The predicted octanol–water partition coefficient (Wildman–Crippen LogP) is 1.76. The normalized spacial score (nSPS) is 12.6. The second-order valence-corrected chi connectivity index (χ2v) is 4.33. The summed E-state index contributed by atoms with van der Waals surface area (Å²) in [5.74, 6) is -0.283. The van der Waals surface area contributed by atoms with Crippen LogP contribution in [0.15, 0.2) is 24.3 Å². The molecule has 0 heterocycles. The fraction of sp³-hybridized carbons (Fsp3) is 0.462. The quantitative estimate of drug-likeness (QED) is 0.750. The first-order valence-corrected chi connectivity index (χ1v) is 6.29. The second kappa shape index (κ2) is 7.72. The molecule has 8 heteroatoms. The Bertz CT molecular complexity index is 466. The van der Waals surface area contributed by atoms with E-state index in [9.17, 15) is 18.0 Å². The molecule has 0 saturated carbocycles. The van der Waals surface area contributed by atoms with Crippen molar-refractivity contribution in [3.8, 4) is 5.75 Å². The summed E-state index contributed by atoms with van der Waals surface area (Å²) >= 11 is 0. The minimum absolute atomic E-state index is 0.0936. The number of urea groups is 1. The second-order valence-electron chi connectivity index (χ2n) is 4.33. The van der Waals surface area contributed by atoms with E-state index in [1.54, 1.807) is 6.92 Å². The Hall–Kier alpha value is -1.96. The number of ether oxygens (including phenoxy) is 1. The van der Waals surface area contributed by atoms with E-state index in [1.807, 2.05) is 0 Å². The van der Waals surface area contributed by atoms with Gasteiger partial charge in [0.05, 0.1) is 18.2 Å². The summed E-state index contributed by atoms with van der Waals surface area (Å²) in [6, 6.07) is 3.85. The van der Waals surface area contributed by atoms with Crippen molar-refractivity contribution in [2.45, 2.75) is 19.1 Å². The van der Waals surface area contributed by atoms with Crippen molar-refractivity contribution in [1.82, 2.24) is 10.6 Å². The van der Waals surface area contributed by atoms with Crippen molar-refractivity contribution in [2.24, 2.45) is 0 Å². The zero-order chi connectivity index (χ0) is 15.9. The van der Waals surface area contributed by atoms with E-state index in [0.29, 0.717) is 0 Å². The molecule has 2 amide bonds. The lowest BCUT2D eigenvalue weighted by Crippen LogP contribution is -2.44. The number of alkyl halides is 3. The molecule has 0 aliphatic rings. The van der Waals surface area contributed by atoms with Gasteiger partial charge < -0.3 is 20.5 Å². The van der Waals surface area contributed by atoms with Crippen molar-refractivity contribution in [2.75, 3.05) is 19.8 Å². The number of halogens is 3. The number of carbonyl (C=O) groups is 1. The van der Waals surface area contributed by atoms with Crippen LogP contribution in [0, 0.1) is 0 Å². The molecule has 0 saturated heterocycles. The molecule has 1 unspecified atom stereocenters. The van der Waals surface area contributed by atoms with Gasteiger partial charge in [0.1, 0.15) is 12.4 Å². The average Bonchev–Trinajstić information content (AvgIpc) is 2.42. The predicted molar refractivity (Wildman–Crippen MR) is 70.0 cm³/mol. The van der Waals surface area contributed by atoms with E-state index in [4.69, 9.17) is 9.84 Å². The molecule has 3 N–H and O–H groups in total. The van der Waals surface area contributed by atoms with E-state index in [2.05, 4.69) is 10.6 Å². The number of hydrogen-bond donors (Lipinski definition) is 3. The SMILES string of the molecule is CC(COc1ccccc1C(F)(F)F)NC(=O)NCCO. The Labute approximate surface area is 120 Å². The Morgan fingerprint density at radius 1 is 1.38 bits per heavy atom. The van der Waals surface area contributed by atoms with Crippen molar-refractivity contribution in [3.05, 3.63) is 29.8 Å². The van der Waals surface area contributed by atoms with Crippen LogP contribution in [0.3, 0.4) is 0 Å². The van der Waals surface area contributed by atoms with Crippen molar-refractivity contribution in [1.29, 1.82) is 0 Å². The van der Waals surface area contributed by atoms with Crippen LogP contribution in [-0.4, -0.2) is 36.9 Å². The number of aliphatic hydroxyl groups excluding tert-OH is 1. The van der Waals surface area contributed by atoms with Crippen molar-refractivity contribution in [3.63, 3.8) is 0 Å². The lowest BCUT2D eigenvalue weighted by atomic mass is 10.2. The monoisotopic (exact) mass is 306 g/mol. The highest BCUT2D eigenvalue weighted by Crippen LogP contribution is 2.35. The molecule has 1 atom stereocenters. The van der Waals surface area contributed by atoms with E-state index in [1.165, 1.54) is 18.2 Å². The highest BCUT2D eigenvalue weighted by molar-refractivity contribution is 5.74. The number of para-hydroxylation sites is 1. The summed E-state index contributed by atoms with van der Waals surface area (Å²) in [5.41, 5.74) is -0.859. The van der Waals surface area contributed by atoms with Crippen LogP contribution in [0.1, 0.15) is 12.5 Å². The van der Waals surface area contributed by atoms with Gasteiger partial charge in [0.25, 0.3) is 0 Å².